The molecule has 1 aromatic heterocycles. The third kappa shape index (κ3) is 3.89. The number of fused-ring (bicyclic) bond motifs is 2. The Labute approximate surface area is 198 Å². The van der Waals surface area contributed by atoms with Gasteiger partial charge in [-0.1, -0.05) is 23.7 Å². The zero-order valence-corrected chi connectivity index (χ0v) is 19.3. The number of carbonyl (C=O) groups is 1. The zero-order valence-electron chi connectivity index (χ0n) is 18.5. The SMILES string of the molecule is O=C1CC2(CCN(c3ccc(-c4ccc5c(c4)CCCC5)nn3)CC2)Oc2ccc(Cl)cc21. The first kappa shape index (κ1) is 20.7. The number of piperidine rings is 1. The number of carbonyl (C=O) groups excluding carboxylic acids is 1. The van der Waals surface area contributed by atoms with Crippen LogP contribution in [0.5, 0.6) is 5.75 Å². The van der Waals surface area contributed by atoms with Crippen molar-refractivity contribution >= 4 is 23.2 Å². The van der Waals surface area contributed by atoms with Gasteiger partial charge in [-0.05, 0) is 73.2 Å². The molecule has 0 saturated carbocycles. The number of ketones is 1. The van der Waals surface area contributed by atoms with E-state index in [-0.39, 0.29) is 5.78 Å². The maximum atomic E-state index is 12.7. The molecule has 1 saturated heterocycles. The van der Waals surface area contributed by atoms with Crippen LogP contribution in [0.1, 0.15) is 53.6 Å². The fraction of sp³-hybridized carbons (Fsp3) is 0.370. The number of aromatic nitrogens is 2. The molecule has 2 aromatic carbocycles. The molecule has 3 aliphatic rings. The summed E-state index contributed by atoms with van der Waals surface area (Å²) in [5.74, 6) is 1.64. The number of Topliss-reactive ketones (excluding diaryl/α,β-unsaturated/α-hetero) is 1. The van der Waals surface area contributed by atoms with Crippen molar-refractivity contribution in [3.63, 3.8) is 0 Å². The molecular weight excluding hydrogens is 434 g/mol. The third-order valence-corrected chi connectivity index (χ3v) is 7.58. The van der Waals surface area contributed by atoms with Crippen LogP contribution in [0.3, 0.4) is 0 Å². The van der Waals surface area contributed by atoms with E-state index in [1.807, 2.05) is 6.07 Å². The largest absolute Gasteiger partial charge is 0.486 e. The number of rotatable bonds is 2. The van der Waals surface area contributed by atoms with E-state index in [0.717, 1.165) is 49.4 Å². The quantitative estimate of drug-likeness (QED) is 0.493. The van der Waals surface area contributed by atoms with Crippen molar-refractivity contribution in [2.45, 2.75) is 50.5 Å². The number of halogens is 1. The molecule has 1 spiro atoms. The molecule has 168 valence electrons. The summed E-state index contributed by atoms with van der Waals surface area (Å²) in [6.45, 7) is 1.56. The second-order valence-electron chi connectivity index (χ2n) is 9.48. The van der Waals surface area contributed by atoms with E-state index < -0.39 is 5.60 Å². The van der Waals surface area contributed by atoms with Crippen molar-refractivity contribution in [3.8, 4) is 17.0 Å². The number of benzene rings is 2. The summed E-state index contributed by atoms with van der Waals surface area (Å²) in [6, 6.07) is 16.1. The van der Waals surface area contributed by atoms with Crippen LogP contribution in [0.15, 0.2) is 48.5 Å². The molecule has 0 radical (unpaired) electrons. The minimum absolute atomic E-state index is 0.112. The van der Waals surface area contributed by atoms with Gasteiger partial charge in [0.1, 0.15) is 11.4 Å². The fourth-order valence-corrected chi connectivity index (χ4v) is 5.60. The minimum atomic E-state index is -0.440. The number of aryl methyl sites for hydroxylation is 2. The van der Waals surface area contributed by atoms with Crippen LogP contribution in [0.4, 0.5) is 5.82 Å². The van der Waals surface area contributed by atoms with Crippen molar-refractivity contribution in [2.75, 3.05) is 18.0 Å². The van der Waals surface area contributed by atoms with Gasteiger partial charge in [0.25, 0.3) is 0 Å². The highest BCUT2D eigenvalue weighted by molar-refractivity contribution is 6.31. The van der Waals surface area contributed by atoms with Crippen molar-refractivity contribution < 1.29 is 9.53 Å². The van der Waals surface area contributed by atoms with Gasteiger partial charge in [0.2, 0.25) is 0 Å². The smallest absolute Gasteiger partial charge is 0.170 e. The maximum Gasteiger partial charge on any atom is 0.170 e. The van der Waals surface area contributed by atoms with Crippen LogP contribution < -0.4 is 9.64 Å². The van der Waals surface area contributed by atoms with E-state index in [2.05, 4.69) is 45.4 Å². The maximum absolute atomic E-state index is 12.7. The molecular formula is C27H26ClN3O2. The Morgan fingerprint density at radius 3 is 2.52 bits per heavy atom. The lowest BCUT2D eigenvalue weighted by atomic mass is 9.82. The normalized spacial score (nSPS) is 19.1. The zero-order chi connectivity index (χ0) is 22.4. The fourth-order valence-electron chi connectivity index (χ4n) is 5.43. The molecule has 1 fully saturated rings. The van der Waals surface area contributed by atoms with Crippen LogP contribution >= 0.6 is 11.6 Å². The number of hydrogen-bond donors (Lipinski definition) is 0. The Kier molecular flexibility index (Phi) is 5.10. The lowest BCUT2D eigenvalue weighted by Crippen LogP contribution is -2.51. The van der Waals surface area contributed by atoms with Crippen LogP contribution in [0, 0.1) is 0 Å². The van der Waals surface area contributed by atoms with Crippen molar-refractivity contribution in [2.24, 2.45) is 0 Å². The summed E-state index contributed by atoms with van der Waals surface area (Å²) in [6.07, 6.45) is 6.85. The number of hydrogen-bond acceptors (Lipinski definition) is 5. The van der Waals surface area contributed by atoms with Crippen molar-refractivity contribution in [3.05, 3.63) is 70.2 Å². The predicted octanol–water partition coefficient (Wildman–Crippen LogP) is 5.68. The van der Waals surface area contributed by atoms with Gasteiger partial charge in [0, 0.05) is 36.5 Å². The topological polar surface area (TPSA) is 55.3 Å². The lowest BCUT2D eigenvalue weighted by molar-refractivity contribution is 0.0231. The van der Waals surface area contributed by atoms with Gasteiger partial charge in [-0.2, -0.15) is 0 Å². The molecule has 33 heavy (non-hydrogen) atoms. The van der Waals surface area contributed by atoms with Gasteiger partial charge in [-0.3, -0.25) is 4.79 Å². The highest BCUT2D eigenvalue weighted by Crippen LogP contribution is 2.40. The van der Waals surface area contributed by atoms with Gasteiger partial charge in [-0.15, -0.1) is 10.2 Å². The Balaban J connectivity index is 1.15. The van der Waals surface area contributed by atoms with E-state index in [0.29, 0.717) is 22.8 Å². The monoisotopic (exact) mass is 459 g/mol. The molecule has 3 heterocycles. The molecule has 6 rings (SSSR count). The molecule has 0 atom stereocenters. The third-order valence-electron chi connectivity index (χ3n) is 7.34. The summed E-state index contributed by atoms with van der Waals surface area (Å²) >= 11 is 6.06. The van der Waals surface area contributed by atoms with Crippen molar-refractivity contribution in [1.82, 2.24) is 10.2 Å². The lowest BCUT2D eigenvalue weighted by Gasteiger charge is -2.44. The van der Waals surface area contributed by atoms with E-state index in [9.17, 15) is 4.79 Å². The summed E-state index contributed by atoms with van der Waals surface area (Å²) in [5, 5.41) is 9.64. The molecule has 1 aliphatic carbocycles. The molecule has 0 unspecified atom stereocenters. The van der Waals surface area contributed by atoms with Crippen molar-refractivity contribution in [1.29, 1.82) is 0 Å². The van der Waals surface area contributed by atoms with Crippen LogP contribution in [-0.2, 0) is 12.8 Å². The Morgan fingerprint density at radius 1 is 0.909 bits per heavy atom. The molecule has 3 aromatic rings. The molecule has 6 heteroatoms. The van der Waals surface area contributed by atoms with E-state index in [1.54, 1.807) is 12.1 Å². The average molecular weight is 460 g/mol. The van der Waals surface area contributed by atoms with Gasteiger partial charge in [-0.25, -0.2) is 0 Å². The van der Waals surface area contributed by atoms with Gasteiger partial charge >= 0.3 is 0 Å². The number of ether oxygens (including phenoxy) is 1. The predicted molar refractivity (Wildman–Crippen MR) is 129 cm³/mol. The number of nitrogens with zero attached hydrogens (tertiary/aromatic N) is 3. The first-order chi connectivity index (χ1) is 16.1. The van der Waals surface area contributed by atoms with Crippen LogP contribution in [0.25, 0.3) is 11.3 Å². The molecule has 0 bridgehead atoms. The molecule has 0 amide bonds. The Bertz CT molecular complexity index is 1220. The van der Waals surface area contributed by atoms with Crippen LogP contribution in [0.2, 0.25) is 5.02 Å². The minimum Gasteiger partial charge on any atom is -0.486 e. The van der Waals surface area contributed by atoms with E-state index in [1.165, 1.54) is 30.4 Å². The average Bonchev–Trinajstić information content (AvgIpc) is 2.85. The number of anilines is 1. The molecule has 5 nitrogen and oxygen atoms in total. The first-order valence-electron chi connectivity index (χ1n) is 11.8. The van der Waals surface area contributed by atoms with Gasteiger partial charge in [0.05, 0.1) is 17.7 Å². The summed E-state index contributed by atoms with van der Waals surface area (Å²) < 4.78 is 6.35. The Morgan fingerprint density at radius 2 is 1.73 bits per heavy atom. The van der Waals surface area contributed by atoms with Crippen LogP contribution in [-0.4, -0.2) is 34.7 Å². The van der Waals surface area contributed by atoms with E-state index >= 15 is 0 Å². The second-order valence-corrected chi connectivity index (χ2v) is 9.92. The summed E-state index contributed by atoms with van der Waals surface area (Å²) in [4.78, 5) is 15.0. The van der Waals surface area contributed by atoms with Gasteiger partial charge in [0.15, 0.2) is 11.6 Å². The van der Waals surface area contributed by atoms with Gasteiger partial charge < -0.3 is 9.64 Å². The highest BCUT2D eigenvalue weighted by Gasteiger charge is 2.43. The summed E-state index contributed by atoms with van der Waals surface area (Å²) in [5.41, 5.74) is 5.14. The van der Waals surface area contributed by atoms with E-state index in [4.69, 9.17) is 16.3 Å². The molecule has 0 N–H and O–H groups in total. The molecule has 2 aliphatic heterocycles. The second kappa shape index (κ2) is 8.14. The summed E-state index contributed by atoms with van der Waals surface area (Å²) in [7, 11) is 0. The highest BCUT2D eigenvalue weighted by atomic mass is 35.5. The first-order valence-corrected chi connectivity index (χ1v) is 12.2. The standard InChI is InChI=1S/C27H26ClN3O2/c28-21-7-9-25-22(16-21)24(32)17-27(33-25)11-13-31(14-12-27)26-10-8-23(29-30-26)20-6-5-18-3-1-2-4-19(18)15-20/h5-10,15-16H,1-4,11-14,17H2. The Hall–Kier alpha value is -2.92.